The molecule has 12 heteroatoms. The summed E-state index contributed by atoms with van der Waals surface area (Å²) in [5, 5.41) is 3.28. The number of methoxy groups -OCH3 is 2. The number of aromatic nitrogens is 4. The molecule has 0 radical (unpaired) electrons. The molecule has 1 atom stereocenters. The van der Waals surface area contributed by atoms with Gasteiger partial charge in [0.2, 0.25) is 5.88 Å². The number of pyridine rings is 1. The Labute approximate surface area is 225 Å². The number of ether oxygens (including phenoxy) is 4. The molecule has 0 fully saturated rings. The van der Waals surface area contributed by atoms with Gasteiger partial charge >= 0.3 is 6.09 Å². The van der Waals surface area contributed by atoms with Crippen molar-refractivity contribution in [1.82, 2.24) is 19.9 Å². The van der Waals surface area contributed by atoms with Crippen molar-refractivity contribution in [2.45, 2.75) is 19.4 Å². The highest BCUT2D eigenvalue weighted by atomic mass is 32.1. The Morgan fingerprint density at radius 3 is 2.82 bits per heavy atom. The number of nitrogens with one attached hydrogen (secondary N) is 1. The van der Waals surface area contributed by atoms with Crippen LogP contribution in [0.4, 0.5) is 14.9 Å². The lowest BCUT2D eigenvalue weighted by molar-refractivity contribution is 0.100. The minimum absolute atomic E-state index is 0.0650. The maximum absolute atomic E-state index is 15.0. The number of hydrogen-bond acceptors (Lipinski definition) is 10. The highest BCUT2D eigenvalue weighted by Gasteiger charge is 2.31. The fourth-order valence-corrected chi connectivity index (χ4v) is 5.58. The van der Waals surface area contributed by atoms with Gasteiger partial charge in [0.15, 0.2) is 11.6 Å². The van der Waals surface area contributed by atoms with Gasteiger partial charge in [0.25, 0.3) is 0 Å². The average molecular weight is 548 g/mol. The van der Waals surface area contributed by atoms with Crippen molar-refractivity contribution in [3.8, 4) is 28.0 Å². The number of thiazole rings is 1. The molecule has 1 N–H and O–H groups in total. The fraction of sp³-hybridized carbons (Fsp3) is 0.222. The van der Waals surface area contributed by atoms with Crippen LogP contribution in [0, 0.1) is 12.7 Å². The number of hydrogen-bond donors (Lipinski definition) is 1. The number of carbonyl (C=O) groups is 1. The minimum atomic E-state index is -0.681. The molecule has 0 spiro atoms. The van der Waals surface area contributed by atoms with Gasteiger partial charge in [-0.1, -0.05) is 0 Å². The molecule has 1 unspecified atom stereocenters. The van der Waals surface area contributed by atoms with E-state index in [2.05, 4.69) is 20.3 Å². The van der Waals surface area contributed by atoms with Crippen LogP contribution in [0.5, 0.6) is 17.4 Å². The van der Waals surface area contributed by atoms with Crippen molar-refractivity contribution in [2.75, 3.05) is 26.1 Å². The maximum Gasteiger partial charge on any atom is 0.411 e. The molecule has 1 aliphatic heterocycles. The predicted octanol–water partition coefficient (Wildman–Crippen LogP) is 5.32. The first-order chi connectivity index (χ1) is 18.9. The van der Waals surface area contributed by atoms with E-state index in [-0.39, 0.29) is 12.4 Å². The van der Waals surface area contributed by atoms with Crippen LogP contribution in [-0.4, -0.2) is 53.0 Å². The van der Waals surface area contributed by atoms with E-state index >= 15 is 4.39 Å². The molecule has 10 nitrogen and oxygen atoms in total. The summed E-state index contributed by atoms with van der Waals surface area (Å²) >= 11 is 1.43. The molecule has 1 amide bonds. The number of fused-ring (bicyclic) bond motifs is 4. The van der Waals surface area contributed by atoms with Gasteiger partial charge in [-0.2, -0.15) is 0 Å². The molecule has 5 aromatic rings. The first-order valence-corrected chi connectivity index (χ1v) is 12.8. The van der Waals surface area contributed by atoms with Crippen molar-refractivity contribution in [3.05, 3.63) is 59.8 Å². The Morgan fingerprint density at radius 2 is 2.00 bits per heavy atom. The van der Waals surface area contributed by atoms with Gasteiger partial charge in [-0.05, 0) is 24.6 Å². The highest BCUT2D eigenvalue weighted by Crippen LogP contribution is 2.43. The molecule has 198 valence electrons. The van der Waals surface area contributed by atoms with E-state index in [4.69, 9.17) is 23.9 Å². The summed E-state index contributed by atoms with van der Waals surface area (Å²) in [5.74, 6) is 0.559. The standard InChI is InChI=1S/C27H22FN5O5S/c1-13-4-17(23-20(5-13)32-22(36-3)11-30-23)26-33-21-8-19(28)24-18(25(21)39-26)7-16(38-24)12-37-27(34)31-14-6-15(35-2)10-29-9-14/h4-6,8-11,16H,7,12H2,1-3H3,(H,31,34). The summed E-state index contributed by atoms with van der Waals surface area (Å²) in [5.41, 5.74) is 4.80. The van der Waals surface area contributed by atoms with E-state index in [0.717, 1.165) is 15.8 Å². The van der Waals surface area contributed by atoms with Crippen molar-refractivity contribution in [2.24, 2.45) is 0 Å². The minimum Gasteiger partial charge on any atom is -0.495 e. The molecule has 0 saturated carbocycles. The SMILES string of the molecule is COc1cncc(NC(=O)OCC2Cc3c(c(F)cc4nc(-c5cc(C)cc6nc(OC)cnc56)sc34)O2)c1. The van der Waals surface area contributed by atoms with E-state index in [1.807, 2.05) is 19.1 Å². The number of anilines is 1. The molecule has 0 aliphatic carbocycles. The Bertz CT molecular complexity index is 1740. The topological polar surface area (TPSA) is 118 Å². The van der Waals surface area contributed by atoms with E-state index in [9.17, 15) is 4.79 Å². The number of rotatable bonds is 6. The van der Waals surface area contributed by atoms with Gasteiger partial charge in [-0.25, -0.2) is 24.1 Å². The lowest BCUT2D eigenvalue weighted by Crippen LogP contribution is -2.25. The number of aryl methyl sites for hydroxylation is 1. The van der Waals surface area contributed by atoms with Crippen LogP contribution >= 0.6 is 11.3 Å². The van der Waals surface area contributed by atoms with Crippen molar-refractivity contribution in [3.63, 3.8) is 0 Å². The fourth-order valence-electron chi connectivity index (χ4n) is 4.47. The van der Waals surface area contributed by atoms with Crippen LogP contribution in [0.1, 0.15) is 11.1 Å². The number of carbonyl (C=O) groups excluding carboxylic acids is 1. The molecule has 0 saturated heterocycles. The van der Waals surface area contributed by atoms with Crippen LogP contribution in [0.15, 0.2) is 42.9 Å². The molecule has 0 bridgehead atoms. The van der Waals surface area contributed by atoms with E-state index in [1.54, 1.807) is 19.4 Å². The number of benzene rings is 2. The number of halogens is 1. The molecule has 2 aromatic carbocycles. The zero-order valence-corrected chi connectivity index (χ0v) is 22.0. The monoisotopic (exact) mass is 547 g/mol. The zero-order chi connectivity index (χ0) is 27.1. The first kappa shape index (κ1) is 24.7. The Morgan fingerprint density at radius 1 is 1.13 bits per heavy atom. The molecular formula is C27H22FN5O5S. The Kier molecular flexibility index (Phi) is 6.31. The van der Waals surface area contributed by atoms with Crippen molar-refractivity contribution >= 4 is 44.4 Å². The Hall–Kier alpha value is -4.58. The number of amides is 1. The summed E-state index contributed by atoms with van der Waals surface area (Å²) < 4.78 is 37.3. The molecule has 6 rings (SSSR count). The van der Waals surface area contributed by atoms with Crippen LogP contribution in [-0.2, 0) is 11.2 Å². The van der Waals surface area contributed by atoms with E-state index in [0.29, 0.717) is 50.9 Å². The van der Waals surface area contributed by atoms with Crippen LogP contribution in [0.2, 0.25) is 0 Å². The van der Waals surface area contributed by atoms with Crippen molar-refractivity contribution in [1.29, 1.82) is 0 Å². The van der Waals surface area contributed by atoms with E-state index < -0.39 is 18.0 Å². The third kappa shape index (κ3) is 4.74. The van der Waals surface area contributed by atoms with Gasteiger partial charge in [0, 0.05) is 29.7 Å². The number of nitrogens with zero attached hydrogens (tertiary/aromatic N) is 4. The van der Waals surface area contributed by atoms with E-state index in [1.165, 1.54) is 36.9 Å². The molecule has 39 heavy (non-hydrogen) atoms. The molecular weight excluding hydrogens is 525 g/mol. The van der Waals surface area contributed by atoms with Crippen LogP contribution in [0.3, 0.4) is 0 Å². The lowest BCUT2D eigenvalue weighted by atomic mass is 10.1. The van der Waals surface area contributed by atoms with Gasteiger partial charge < -0.3 is 18.9 Å². The average Bonchev–Trinajstić information content (AvgIpc) is 3.56. The molecule has 3 aromatic heterocycles. The summed E-state index contributed by atoms with van der Waals surface area (Å²) in [6.45, 7) is 1.90. The second-order valence-corrected chi connectivity index (χ2v) is 9.91. The van der Waals surface area contributed by atoms with Crippen molar-refractivity contribution < 1.29 is 28.1 Å². The third-order valence-corrected chi connectivity index (χ3v) is 7.37. The summed E-state index contributed by atoms with van der Waals surface area (Å²) in [4.78, 5) is 30.1. The normalized spacial score (nSPS) is 14.2. The smallest absolute Gasteiger partial charge is 0.411 e. The first-order valence-electron chi connectivity index (χ1n) is 11.9. The Balaban J connectivity index is 1.24. The second kappa shape index (κ2) is 9.95. The molecule has 4 heterocycles. The predicted molar refractivity (Wildman–Crippen MR) is 143 cm³/mol. The van der Waals surface area contributed by atoms with Gasteiger partial charge in [-0.3, -0.25) is 10.3 Å². The van der Waals surface area contributed by atoms with Crippen LogP contribution < -0.4 is 19.5 Å². The second-order valence-electron chi connectivity index (χ2n) is 8.91. The zero-order valence-electron chi connectivity index (χ0n) is 21.1. The molecule has 1 aliphatic rings. The summed E-state index contributed by atoms with van der Waals surface area (Å²) in [7, 11) is 3.05. The maximum atomic E-state index is 15.0. The van der Waals surface area contributed by atoms with Crippen LogP contribution in [0.25, 0.3) is 31.8 Å². The lowest BCUT2D eigenvalue weighted by Gasteiger charge is -2.12. The largest absolute Gasteiger partial charge is 0.495 e. The third-order valence-electron chi connectivity index (χ3n) is 6.20. The van der Waals surface area contributed by atoms with Gasteiger partial charge in [0.05, 0.1) is 59.7 Å². The summed E-state index contributed by atoms with van der Waals surface area (Å²) in [6.07, 6.45) is 3.69. The van der Waals surface area contributed by atoms with Gasteiger partial charge in [0.1, 0.15) is 23.5 Å². The quantitative estimate of drug-likeness (QED) is 0.301. The van der Waals surface area contributed by atoms with Gasteiger partial charge in [-0.15, -0.1) is 11.3 Å². The summed E-state index contributed by atoms with van der Waals surface area (Å²) in [6, 6.07) is 6.90. The highest BCUT2D eigenvalue weighted by molar-refractivity contribution is 7.22.